The first-order chi connectivity index (χ1) is 19.9. The molecule has 2 aromatic heterocycles. The van der Waals surface area contributed by atoms with E-state index in [0.717, 1.165) is 53.5 Å². The number of aliphatic hydroxyl groups excluding tert-OH is 1. The molecule has 0 saturated heterocycles. The first-order valence-electron chi connectivity index (χ1n) is 15.4. The molecule has 6 heteroatoms. The summed E-state index contributed by atoms with van der Waals surface area (Å²) in [6, 6.07) is 20.2. The second-order valence-corrected chi connectivity index (χ2v) is 12.8. The maximum atomic E-state index is 13.4. The van der Waals surface area contributed by atoms with Gasteiger partial charge in [0.1, 0.15) is 0 Å². The van der Waals surface area contributed by atoms with Crippen molar-refractivity contribution in [2.75, 3.05) is 0 Å². The van der Waals surface area contributed by atoms with Gasteiger partial charge in [0.05, 0.1) is 29.1 Å². The third-order valence-corrected chi connectivity index (χ3v) is 9.28. The molecule has 0 radical (unpaired) electrons. The molecule has 4 aromatic rings. The van der Waals surface area contributed by atoms with E-state index in [0.29, 0.717) is 29.2 Å². The number of benzene rings is 2. The minimum absolute atomic E-state index is 0.107. The number of fused-ring (bicyclic) bond motifs is 4. The van der Waals surface area contributed by atoms with Crippen LogP contribution in [-0.2, 0) is 6.42 Å². The van der Waals surface area contributed by atoms with Gasteiger partial charge in [-0.05, 0) is 91.7 Å². The standard InChI is InChI=1S/C35H42N4O2/c1-22(2)16-33(32-8-3-4-15-36-32)37-35(41)27-13-14-31-30(21-27)34(39-38-31)25-11-9-23(10-12-25)17-28-18-24-6-5-7-26(28)20-29(40)19-24/h3-4,8-15,21-22,24,26,28-29,33,40H,5-7,16-20H2,1-2H3,(H,37,41)(H,38,39). The number of rotatable bonds is 8. The highest BCUT2D eigenvalue weighted by Gasteiger charge is 2.34. The molecule has 0 aliphatic heterocycles. The summed E-state index contributed by atoms with van der Waals surface area (Å²) in [5.74, 6) is 2.28. The van der Waals surface area contributed by atoms with Crippen LogP contribution in [0, 0.1) is 23.7 Å². The largest absolute Gasteiger partial charge is 0.393 e. The van der Waals surface area contributed by atoms with Crippen molar-refractivity contribution in [3.63, 3.8) is 0 Å². The van der Waals surface area contributed by atoms with Crippen LogP contribution in [0.25, 0.3) is 22.2 Å². The van der Waals surface area contributed by atoms with Crippen molar-refractivity contribution in [3.05, 3.63) is 83.7 Å². The molecule has 214 valence electrons. The molecule has 5 atom stereocenters. The number of hydrogen-bond acceptors (Lipinski definition) is 4. The number of nitrogens with one attached hydrogen (secondary N) is 2. The predicted octanol–water partition coefficient (Wildman–Crippen LogP) is 7.26. The Morgan fingerprint density at radius 2 is 1.90 bits per heavy atom. The lowest BCUT2D eigenvalue weighted by atomic mass is 9.81. The van der Waals surface area contributed by atoms with E-state index in [1.165, 1.54) is 31.2 Å². The summed E-state index contributed by atoms with van der Waals surface area (Å²) in [5, 5.41) is 22.4. The molecule has 2 bridgehead atoms. The number of amides is 1. The quantitative estimate of drug-likeness (QED) is 0.215. The molecule has 6 nitrogen and oxygen atoms in total. The summed E-state index contributed by atoms with van der Waals surface area (Å²) in [7, 11) is 0. The van der Waals surface area contributed by atoms with Crippen molar-refractivity contribution >= 4 is 16.8 Å². The number of aromatic amines is 1. The van der Waals surface area contributed by atoms with Gasteiger partial charge in [-0.2, -0.15) is 5.10 Å². The van der Waals surface area contributed by atoms with Gasteiger partial charge in [-0.15, -0.1) is 0 Å². The molecule has 2 fully saturated rings. The molecular weight excluding hydrogens is 508 g/mol. The van der Waals surface area contributed by atoms with E-state index in [-0.39, 0.29) is 18.1 Å². The zero-order valence-corrected chi connectivity index (χ0v) is 24.2. The fourth-order valence-electron chi connectivity index (χ4n) is 7.27. The second-order valence-electron chi connectivity index (χ2n) is 12.8. The Balaban J connectivity index is 1.19. The lowest BCUT2D eigenvalue weighted by molar-refractivity contribution is 0.0931. The van der Waals surface area contributed by atoms with Gasteiger partial charge >= 0.3 is 0 Å². The number of carbonyl (C=O) groups excluding carboxylic acids is 1. The van der Waals surface area contributed by atoms with E-state index < -0.39 is 0 Å². The number of pyridine rings is 1. The van der Waals surface area contributed by atoms with Crippen LogP contribution in [0.2, 0.25) is 0 Å². The second kappa shape index (κ2) is 12.2. The van der Waals surface area contributed by atoms with Gasteiger partial charge in [0.25, 0.3) is 5.91 Å². The lowest BCUT2D eigenvalue weighted by Gasteiger charge is -2.25. The average molecular weight is 551 g/mol. The van der Waals surface area contributed by atoms with Gasteiger partial charge in [-0.1, -0.05) is 63.4 Å². The molecule has 6 rings (SSSR count). The van der Waals surface area contributed by atoms with Crippen LogP contribution in [0.15, 0.2) is 66.9 Å². The average Bonchev–Trinajstić information content (AvgIpc) is 3.22. The van der Waals surface area contributed by atoms with Crippen molar-refractivity contribution in [2.45, 2.75) is 77.4 Å². The van der Waals surface area contributed by atoms with Crippen LogP contribution < -0.4 is 5.32 Å². The number of H-pyrrole nitrogens is 1. The zero-order valence-electron chi connectivity index (χ0n) is 24.2. The highest BCUT2D eigenvalue weighted by molar-refractivity contribution is 6.01. The van der Waals surface area contributed by atoms with Crippen molar-refractivity contribution in [1.29, 1.82) is 0 Å². The van der Waals surface area contributed by atoms with Crippen LogP contribution >= 0.6 is 0 Å². The Hall–Kier alpha value is -3.51. The van der Waals surface area contributed by atoms with Crippen molar-refractivity contribution in [3.8, 4) is 11.3 Å². The molecule has 2 saturated carbocycles. The Kier molecular flexibility index (Phi) is 8.20. The summed E-state index contributed by atoms with van der Waals surface area (Å²) in [6.45, 7) is 4.31. The minimum Gasteiger partial charge on any atom is -0.393 e. The Morgan fingerprint density at radius 1 is 1.05 bits per heavy atom. The highest BCUT2D eigenvalue weighted by atomic mass is 16.3. The molecule has 0 spiro atoms. The fourth-order valence-corrected chi connectivity index (χ4v) is 7.27. The van der Waals surface area contributed by atoms with Gasteiger partial charge in [0, 0.05) is 22.7 Å². The van der Waals surface area contributed by atoms with Gasteiger partial charge in [0.2, 0.25) is 0 Å². The summed E-state index contributed by atoms with van der Waals surface area (Å²) in [5.41, 5.74) is 5.66. The van der Waals surface area contributed by atoms with Crippen molar-refractivity contribution < 1.29 is 9.90 Å². The minimum atomic E-state index is -0.146. The number of hydrogen-bond donors (Lipinski definition) is 3. The first kappa shape index (κ1) is 27.6. The fraction of sp³-hybridized carbons (Fsp3) is 0.457. The first-order valence-corrected chi connectivity index (χ1v) is 15.4. The Labute approximate surface area is 243 Å². The molecule has 5 unspecified atom stereocenters. The van der Waals surface area contributed by atoms with Gasteiger partial charge < -0.3 is 10.4 Å². The number of aromatic nitrogens is 3. The molecule has 1 amide bonds. The normalized spacial score (nSPS) is 23.3. The molecule has 2 aliphatic rings. The van der Waals surface area contributed by atoms with Crippen LogP contribution in [0.1, 0.15) is 86.5 Å². The van der Waals surface area contributed by atoms with E-state index in [9.17, 15) is 9.90 Å². The SMILES string of the molecule is CC(C)CC(NC(=O)c1ccc2[nH]nc(-c3ccc(CC4CC5CCCC4CC(O)C5)cc3)c2c1)c1ccccn1. The number of aliphatic hydroxyl groups is 1. The molecular formula is C35H42N4O2. The number of carbonyl (C=O) groups is 1. The van der Waals surface area contributed by atoms with E-state index in [4.69, 9.17) is 0 Å². The summed E-state index contributed by atoms with van der Waals surface area (Å²) in [4.78, 5) is 17.9. The van der Waals surface area contributed by atoms with Crippen LogP contribution in [0.5, 0.6) is 0 Å². The predicted molar refractivity (Wildman–Crippen MR) is 163 cm³/mol. The van der Waals surface area contributed by atoms with Gasteiger partial charge in [0.15, 0.2) is 0 Å². The molecule has 41 heavy (non-hydrogen) atoms. The molecule has 2 aliphatic carbocycles. The summed E-state index contributed by atoms with van der Waals surface area (Å²) in [6.07, 6.45) is 10.6. The van der Waals surface area contributed by atoms with Crippen molar-refractivity contribution in [1.82, 2.24) is 20.5 Å². The lowest BCUT2D eigenvalue weighted by Crippen LogP contribution is -2.30. The van der Waals surface area contributed by atoms with Crippen LogP contribution in [0.3, 0.4) is 0 Å². The number of nitrogens with zero attached hydrogens (tertiary/aromatic N) is 2. The highest BCUT2D eigenvalue weighted by Crippen LogP contribution is 2.42. The smallest absolute Gasteiger partial charge is 0.251 e. The molecule has 3 N–H and O–H groups in total. The van der Waals surface area contributed by atoms with E-state index in [1.54, 1.807) is 6.20 Å². The summed E-state index contributed by atoms with van der Waals surface area (Å²) >= 11 is 0. The zero-order chi connectivity index (χ0) is 28.3. The summed E-state index contributed by atoms with van der Waals surface area (Å²) < 4.78 is 0. The van der Waals surface area contributed by atoms with E-state index in [2.05, 4.69) is 58.6 Å². The van der Waals surface area contributed by atoms with Gasteiger partial charge in [-0.25, -0.2) is 0 Å². The van der Waals surface area contributed by atoms with Gasteiger partial charge in [-0.3, -0.25) is 14.9 Å². The van der Waals surface area contributed by atoms with E-state index >= 15 is 0 Å². The van der Waals surface area contributed by atoms with Crippen LogP contribution in [0.4, 0.5) is 0 Å². The third kappa shape index (κ3) is 6.38. The monoisotopic (exact) mass is 550 g/mol. The topological polar surface area (TPSA) is 90.9 Å². The Morgan fingerprint density at radius 3 is 2.68 bits per heavy atom. The Bertz CT molecular complexity index is 1460. The van der Waals surface area contributed by atoms with Crippen LogP contribution in [-0.4, -0.2) is 32.3 Å². The maximum Gasteiger partial charge on any atom is 0.251 e. The third-order valence-electron chi connectivity index (χ3n) is 9.28. The molecule has 2 aromatic carbocycles. The van der Waals surface area contributed by atoms with Crippen molar-refractivity contribution in [2.24, 2.45) is 23.7 Å². The molecule has 2 heterocycles. The van der Waals surface area contributed by atoms with E-state index in [1.807, 2.05) is 36.4 Å². The maximum absolute atomic E-state index is 13.4.